The van der Waals surface area contributed by atoms with Crippen LogP contribution < -0.4 is 10.1 Å². The molecule has 8 heteroatoms. The lowest BCUT2D eigenvalue weighted by atomic mass is 10.3. The fourth-order valence-electron chi connectivity index (χ4n) is 1.50. The van der Waals surface area contributed by atoms with E-state index in [1.165, 1.54) is 0 Å². The predicted octanol–water partition coefficient (Wildman–Crippen LogP) is 1.31. The van der Waals surface area contributed by atoms with Gasteiger partial charge in [0.05, 0.1) is 12.3 Å². The number of hydrogen-bond donors (Lipinski definition) is 1. The Morgan fingerprint density at radius 1 is 1.37 bits per heavy atom. The molecule has 0 aliphatic rings. The van der Waals surface area contributed by atoms with Crippen molar-refractivity contribution in [3.05, 3.63) is 23.2 Å². The van der Waals surface area contributed by atoms with Gasteiger partial charge >= 0.3 is 6.01 Å². The molecule has 0 amide bonds. The zero-order valence-corrected chi connectivity index (χ0v) is 11.6. The van der Waals surface area contributed by atoms with E-state index < -0.39 is 0 Å². The average molecular weight is 283 g/mol. The molecule has 0 aliphatic heterocycles. The maximum Gasteiger partial charge on any atom is 0.322 e. The molecule has 0 atom stereocenters. The number of hydrogen-bond acceptors (Lipinski definition) is 6. The summed E-state index contributed by atoms with van der Waals surface area (Å²) in [5.41, 5.74) is 1.00. The zero-order chi connectivity index (χ0) is 13.7. The summed E-state index contributed by atoms with van der Waals surface area (Å²) in [6, 6.07) is 2.19. The van der Waals surface area contributed by atoms with Crippen molar-refractivity contribution in [2.24, 2.45) is 7.05 Å². The van der Waals surface area contributed by atoms with Crippen LogP contribution in [0.3, 0.4) is 0 Å². The highest BCUT2D eigenvalue weighted by molar-refractivity contribution is 6.28. The smallest absolute Gasteiger partial charge is 0.322 e. The summed E-state index contributed by atoms with van der Waals surface area (Å²) in [6.07, 6.45) is 2.68. The van der Waals surface area contributed by atoms with E-state index in [1.807, 2.05) is 26.2 Å². The largest absolute Gasteiger partial charge is 0.464 e. The van der Waals surface area contributed by atoms with E-state index >= 15 is 0 Å². The number of halogens is 1. The molecule has 0 saturated heterocycles. The molecule has 0 saturated carbocycles. The van der Waals surface area contributed by atoms with Crippen LogP contribution in [0.1, 0.15) is 12.6 Å². The molecule has 7 nitrogen and oxygen atoms in total. The molecule has 1 N–H and O–H groups in total. The van der Waals surface area contributed by atoms with Gasteiger partial charge in [-0.1, -0.05) is 0 Å². The number of ether oxygens (including phenoxy) is 1. The SMILES string of the molecule is CCOc1nc(Cl)nc(NCCc2ccn(C)n2)n1. The first-order valence-electron chi connectivity index (χ1n) is 5.94. The van der Waals surface area contributed by atoms with Gasteiger partial charge in [0, 0.05) is 26.2 Å². The minimum Gasteiger partial charge on any atom is -0.464 e. The van der Waals surface area contributed by atoms with Gasteiger partial charge in [-0.3, -0.25) is 4.68 Å². The van der Waals surface area contributed by atoms with Crippen molar-refractivity contribution in [3.63, 3.8) is 0 Å². The quantitative estimate of drug-likeness (QED) is 0.861. The molecular weight excluding hydrogens is 268 g/mol. The van der Waals surface area contributed by atoms with Gasteiger partial charge in [0.2, 0.25) is 11.2 Å². The molecule has 2 rings (SSSR count). The highest BCUT2D eigenvalue weighted by atomic mass is 35.5. The highest BCUT2D eigenvalue weighted by Crippen LogP contribution is 2.11. The van der Waals surface area contributed by atoms with Crippen molar-refractivity contribution >= 4 is 17.5 Å². The number of nitrogens with zero attached hydrogens (tertiary/aromatic N) is 5. The Hall–Kier alpha value is -1.89. The summed E-state index contributed by atoms with van der Waals surface area (Å²) >= 11 is 5.79. The topological polar surface area (TPSA) is 77.8 Å². The van der Waals surface area contributed by atoms with E-state index in [2.05, 4.69) is 25.4 Å². The van der Waals surface area contributed by atoms with Gasteiger partial charge in [-0.05, 0) is 24.6 Å². The van der Waals surface area contributed by atoms with Gasteiger partial charge in [0.1, 0.15) is 0 Å². The Morgan fingerprint density at radius 2 is 2.21 bits per heavy atom. The Kier molecular flexibility index (Phi) is 4.51. The molecule has 0 fully saturated rings. The van der Waals surface area contributed by atoms with Crippen molar-refractivity contribution in [1.29, 1.82) is 0 Å². The molecule has 0 unspecified atom stereocenters. The normalized spacial score (nSPS) is 10.5. The Balaban J connectivity index is 1.91. The van der Waals surface area contributed by atoms with Crippen LogP contribution in [0.4, 0.5) is 5.95 Å². The second-order valence-corrected chi connectivity index (χ2v) is 4.14. The highest BCUT2D eigenvalue weighted by Gasteiger charge is 2.05. The summed E-state index contributed by atoms with van der Waals surface area (Å²) in [6.45, 7) is 2.99. The van der Waals surface area contributed by atoms with E-state index in [9.17, 15) is 0 Å². The van der Waals surface area contributed by atoms with Crippen LogP contribution in [0.5, 0.6) is 6.01 Å². The first kappa shape index (κ1) is 13.5. The third-order valence-corrected chi connectivity index (χ3v) is 2.46. The molecule has 102 valence electrons. The van der Waals surface area contributed by atoms with Crippen LogP contribution in [0, 0.1) is 0 Å². The second-order valence-electron chi connectivity index (χ2n) is 3.80. The number of rotatable bonds is 6. The molecule has 0 spiro atoms. The standard InChI is InChI=1S/C11H15ClN6O/c1-3-19-11-15-9(12)14-10(16-11)13-6-4-8-5-7-18(2)17-8/h5,7H,3-4,6H2,1-2H3,(H,13,14,15,16). The first-order chi connectivity index (χ1) is 9.17. The molecule has 2 aromatic heterocycles. The first-order valence-corrected chi connectivity index (χ1v) is 6.32. The van der Waals surface area contributed by atoms with Crippen LogP contribution in [0.15, 0.2) is 12.3 Å². The van der Waals surface area contributed by atoms with Crippen molar-refractivity contribution in [2.45, 2.75) is 13.3 Å². The molecule has 0 aromatic carbocycles. The summed E-state index contributed by atoms with van der Waals surface area (Å²) in [4.78, 5) is 11.9. The molecular formula is C11H15ClN6O. The lowest BCUT2D eigenvalue weighted by Crippen LogP contribution is -2.10. The van der Waals surface area contributed by atoms with Gasteiger partial charge in [0.15, 0.2) is 0 Å². The second kappa shape index (κ2) is 6.33. The lowest BCUT2D eigenvalue weighted by molar-refractivity contribution is 0.312. The summed E-state index contributed by atoms with van der Waals surface area (Å²) in [5.74, 6) is 0.402. The van der Waals surface area contributed by atoms with Crippen molar-refractivity contribution < 1.29 is 4.74 Å². The lowest BCUT2D eigenvalue weighted by Gasteiger charge is -2.06. The van der Waals surface area contributed by atoms with Crippen molar-refractivity contribution in [1.82, 2.24) is 24.7 Å². The van der Waals surface area contributed by atoms with E-state index in [0.717, 1.165) is 12.1 Å². The Bertz CT molecular complexity index is 544. The van der Waals surface area contributed by atoms with Gasteiger partial charge in [-0.2, -0.15) is 20.1 Å². The summed E-state index contributed by atoms with van der Waals surface area (Å²) < 4.78 is 6.96. The zero-order valence-electron chi connectivity index (χ0n) is 10.8. The van der Waals surface area contributed by atoms with E-state index in [-0.39, 0.29) is 11.3 Å². The fraction of sp³-hybridized carbons (Fsp3) is 0.455. The number of aryl methyl sites for hydroxylation is 1. The maximum absolute atomic E-state index is 5.79. The molecule has 2 aromatic rings. The number of anilines is 1. The van der Waals surface area contributed by atoms with Gasteiger partial charge in [-0.15, -0.1) is 0 Å². The van der Waals surface area contributed by atoms with E-state index in [4.69, 9.17) is 16.3 Å². The molecule has 0 bridgehead atoms. The van der Waals surface area contributed by atoms with E-state index in [1.54, 1.807) is 4.68 Å². The average Bonchev–Trinajstić information content (AvgIpc) is 2.75. The number of nitrogens with one attached hydrogen (secondary N) is 1. The van der Waals surface area contributed by atoms with Crippen LogP contribution in [0.25, 0.3) is 0 Å². The number of aromatic nitrogens is 5. The Labute approximate surface area is 116 Å². The van der Waals surface area contributed by atoms with Gasteiger partial charge in [-0.25, -0.2) is 0 Å². The Morgan fingerprint density at radius 3 is 2.89 bits per heavy atom. The van der Waals surface area contributed by atoms with Crippen LogP contribution in [0.2, 0.25) is 5.28 Å². The monoisotopic (exact) mass is 282 g/mol. The van der Waals surface area contributed by atoms with Crippen LogP contribution >= 0.6 is 11.6 Å². The summed E-state index contributed by atoms with van der Waals surface area (Å²) in [5, 5.41) is 7.46. The minimum atomic E-state index is 0.110. The third kappa shape index (κ3) is 4.06. The minimum absolute atomic E-state index is 0.110. The fourth-order valence-corrected chi connectivity index (χ4v) is 1.66. The predicted molar refractivity (Wildman–Crippen MR) is 71.4 cm³/mol. The molecule has 0 radical (unpaired) electrons. The van der Waals surface area contributed by atoms with Crippen molar-refractivity contribution in [3.8, 4) is 6.01 Å². The van der Waals surface area contributed by atoms with Crippen LogP contribution in [-0.2, 0) is 13.5 Å². The third-order valence-electron chi connectivity index (χ3n) is 2.29. The van der Waals surface area contributed by atoms with E-state index in [0.29, 0.717) is 19.1 Å². The summed E-state index contributed by atoms with van der Waals surface area (Å²) in [7, 11) is 1.89. The van der Waals surface area contributed by atoms with Crippen LogP contribution in [-0.4, -0.2) is 37.9 Å². The molecule has 2 heterocycles. The molecule has 0 aliphatic carbocycles. The van der Waals surface area contributed by atoms with Gasteiger partial charge < -0.3 is 10.1 Å². The molecule has 19 heavy (non-hydrogen) atoms. The van der Waals surface area contributed by atoms with Crippen molar-refractivity contribution in [2.75, 3.05) is 18.5 Å². The van der Waals surface area contributed by atoms with Gasteiger partial charge in [0.25, 0.3) is 0 Å². The maximum atomic E-state index is 5.79.